The van der Waals surface area contributed by atoms with E-state index in [1.807, 2.05) is 0 Å². The van der Waals surface area contributed by atoms with Gasteiger partial charge in [0.15, 0.2) is 0 Å². The second-order valence-electron chi connectivity index (χ2n) is 9.85. The molecule has 0 amide bonds. The summed E-state index contributed by atoms with van der Waals surface area (Å²) in [4.78, 5) is 0. The van der Waals surface area contributed by atoms with E-state index >= 15 is 0 Å². The van der Waals surface area contributed by atoms with Gasteiger partial charge < -0.3 is 16.0 Å². The van der Waals surface area contributed by atoms with Crippen LogP contribution in [0.15, 0.2) is 36.4 Å². The van der Waals surface area contributed by atoms with Crippen molar-refractivity contribution in [2.45, 2.75) is 79.1 Å². The van der Waals surface area contributed by atoms with Crippen LogP contribution in [0.5, 0.6) is 0 Å². The maximum atomic E-state index is 3.72. The molecule has 0 aromatic heterocycles. The molecular formula is C28H45MnN3. The van der Waals surface area contributed by atoms with Gasteiger partial charge in [0, 0.05) is 54.6 Å². The monoisotopic (exact) mass is 478 g/mol. The third kappa shape index (κ3) is 7.83. The van der Waals surface area contributed by atoms with Crippen molar-refractivity contribution in [1.29, 1.82) is 0 Å². The SMILES string of the molecule is CC(C)c1cccc(C(C)C)c1NCCNCCNc1c(C(C)C)cccc1C(C)C.[Mn]. The fraction of sp³-hybridized carbons (Fsp3) is 0.571. The standard InChI is InChI=1S/C28H45N3.Mn/c1-19(2)23-11-9-12-24(20(3)4)27(23)30-17-15-29-16-18-31-28-25(21(5)6)13-10-14-26(28)22(7)8;/h9-14,19-22,29-31H,15-18H2,1-8H3;. The molecule has 179 valence electrons. The minimum absolute atomic E-state index is 0. The smallest absolute Gasteiger partial charge is 0.0410 e. The molecule has 4 heteroatoms. The fourth-order valence-corrected chi connectivity index (χ4v) is 4.19. The Hall–Kier alpha value is -1.48. The number of hydrogen-bond acceptors (Lipinski definition) is 3. The van der Waals surface area contributed by atoms with Gasteiger partial charge in [0.2, 0.25) is 0 Å². The van der Waals surface area contributed by atoms with Gasteiger partial charge in [0.05, 0.1) is 0 Å². The summed E-state index contributed by atoms with van der Waals surface area (Å²) < 4.78 is 0. The molecule has 0 atom stereocenters. The molecule has 0 heterocycles. The molecule has 0 aliphatic rings. The minimum atomic E-state index is 0. The second kappa shape index (κ2) is 13.9. The van der Waals surface area contributed by atoms with Crippen molar-refractivity contribution in [3.63, 3.8) is 0 Å². The third-order valence-electron chi connectivity index (χ3n) is 5.95. The number of benzene rings is 2. The Balaban J connectivity index is 0.00000512. The molecule has 0 fully saturated rings. The van der Waals surface area contributed by atoms with Crippen LogP contribution in [0.25, 0.3) is 0 Å². The maximum Gasteiger partial charge on any atom is 0.0410 e. The summed E-state index contributed by atoms with van der Waals surface area (Å²) in [6.45, 7) is 22.0. The van der Waals surface area contributed by atoms with E-state index in [1.54, 1.807) is 0 Å². The van der Waals surface area contributed by atoms with Gasteiger partial charge in [-0.2, -0.15) is 0 Å². The predicted octanol–water partition coefficient (Wildman–Crippen LogP) is 7.29. The number of para-hydroxylation sites is 2. The summed E-state index contributed by atoms with van der Waals surface area (Å²) in [5, 5.41) is 11.0. The normalized spacial score (nSPS) is 11.4. The molecule has 32 heavy (non-hydrogen) atoms. The molecule has 0 saturated heterocycles. The van der Waals surface area contributed by atoms with Crippen LogP contribution in [0.1, 0.15) is 101 Å². The fourth-order valence-electron chi connectivity index (χ4n) is 4.19. The first-order valence-corrected chi connectivity index (χ1v) is 12.2. The van der Waals surface area contributed by atoms with E-state index in [2.05, 4.69) is 108 Å². The van der Waals surface area contributed by atoms with Crippen molar-refractivity contribution in [1.82, 2.24) is 5.32 Å². The van der Waals surface area contributed by atoms with E-state index in [0.717, 1.165) is 26.2 Å². The quantitative estimate of drug-likeness (QED) is 0.221. The zero-order valence-electron chi connectivity index (χ0n) is 21.5. The first-order valence-electron chi connectivity index (χ1n) is 12.2. The molecule has 0 spiro atoms. The number of anilines is 2. The Kier molecular flexibility index (Phi) is 12.4. The molecule has 0 saturated carbocycles. The molecular weight excluding hydrogens is 433 g/mol. The third-order valence-corrected chi connectivity index (χ3v) is 5.95. The first kappa shape index (κ1) is 28.6. The summed E-state index contributed by atoms with van der Waals surface area (Å²) in [6, 6.07) is 13.4. The van der Waals surface area contributed by atoms with Crippen molar-refractivity contribution in [3.8, 4) is 0 Å². The summed E-state index contributed by atoms with van der Waals surface area (Å²) >= 11 is 0. The Morgan fingerprint density at radius 1 is 0.500 bits per heavy atom. The van der Waals surface area contributed by atoms with Gasteiger partial charge in [-0.25, -0.2) is 0 Å². The molecule has 2 aromatic rings. The zero-order valence-corrected chi connectivity index (χ0v) is 22.7. The average molecular weight is 479 g/mol. The van der Waals surface area contributed by atoms with E-state index in [9.17, 15) is 0 Å². The molecule has 1 radical (unpaired) electrons. The second-order valence-corrected chi connectivity index (χ2v) is 9.85. The van der Waals surface area contributed by atoms with Crippen LogP contribution in [-0.2, 0) is 17.1 Å². The van der Waals surface area contributed by atoms with E-state index in [1.165, 1.54) is 33.6 Å². The molecule has 0 aliphatic heterocycles. The van der Waals surface area contributed by atoms with Crippen LogP contribution in [0, 0.1) is 0 Å². The van der Waals surface area contributed by atoms with Crippen molar-refractivity contribution >= 4 is 11.4 Å². The van der Waals surface area contributed by atoms with Gasteiger partial charge in [0.25, 0.3) is 0 Å². The predicted molar refractivity (Wildman–Crippen MR) is 139 cm³/mol. The molecule has 3 N–H and O–H groups in total. The Bertz CT molecular complexity index is 692. The van der Waals surface area contributed by atoms with Crippen LogP contribution in [0.2, 0.25) is 0 Å². The minimum Gasteiger partial charge on any atom is -0.383 e. The van der Waals surface area contributed by atoms with Crippen LogP contribution in [0.4, 0.5) is 11.4 Å². The Morgan fingerprint density at radius 2 is 0.781 bits per heavy atom. The van der Waals surface area contributed by atoms with Crippen LogP contribution >= 0.6 is 0 Å². The number of nitrogens with one attached hydrogen (secondary N) is 3. The van der Waals surface area contributed by atoms with Crippen LogP contribution in [0.3, 0.4) is 0 Å². The van der Waals surface area contributed by atoms with E-state index in [0.29, 0.717) is 23.7 Å². The average Bonchev–Trinajstić information content (AvgIpc) is 2.72. The van der Waals surface area contributed by atoms with E-state index in [4.69, 9.17) is 0 Å². The molecule has 0 unspecified atom stereocenters. The molecule has 0 bridgehead atoms. The number of rotatable bonds is 12. The van der Waals surface area contributed by atoms with Gasteiger partial charge in [-0.05, 0) is 45.9 Å². The van der Waals surface area contributed by atoms with Gasteiger partial charge in [-0.1, -0.05) is 91.8 Å². The van der Waals surface area contributed by atoms with Gasteiger partial charge in [-0.3, -0.25) is 0 Å². The van der Waals surface area contributed by atoms with Crippen molar-refractivity contribution in [2.24, 2.45) is 0 Å². The zero-order chi connectivity index (χ0) is 23.0. The largest absolute Gasteiger partial charge is 0.383 e. The number of hydrogen-bond donors (Lipinski definition) is 3. The Morgan fingerprint density at radius 3 is 1.03 bits per heavy atom. The summed E-state index contributed by atoms with van der Waals surface area (Å²) in [6.07, 6.45) is 0. The van der Waals surface area contributed by atoms with Crippen LogP contribution in [-0.4, -0.2) is 26.2 Å². The molecule has 2 rings (SSSR count). The van der Waals surface area contributed by atoms with Crippen molar-refractivity contribution in [3.05, 3.63) is 58.7 Å². The van der Waals surface area contributed by atoms with Crippen LogP contribution < -0.4 is 16.0 Å². The topological polar surface area (TPSA) is 36.1 Å². The van der Waals surface area contributed by atoms with E-state index in [-0.39, 0.29) is 17.1 Å². The van der Waals surface area contributed by atoms with Crippen molar-refractivity contribution in [2.75, 3.05) is 36.8 Å². The van der Waals surface area contributed by atoms with Gasteiger partial charge in [0.1, 0.15) is 0 Å². The Labute approximate surface area is 208 Å². The summed E-state index contributed by atoms with van der Waals surface area (Å²) in [7, 11) is 0. The molecule has 2 aromatic carbocycles. The molecule has 3 nitrogen and oxygen atoms in total. The summed E-state index contributed by atoms with van der Waals surface area (Å²) in [5.41, 5.74) is 8.33. The van der Waals surface area contributed by atoms with Crippen molar-refractivity contribution < 1.29 is 17.1 Å². The van der Waals surface area contributed by atoms with Gasteiger partial charge in [-0.15, -0.1) is 0 Å². The molecule has 0 aliphatic carbocycles. The summed E-state index contributed by atoms with van der Waals surface area (Å²) in [5.74, 6) is 2.09. The van der Waals surface area contributed by atoms with Gasteiger partial charge >= 0.3 is 0 Å². The first-order chi connectivity index (χ1) is 14.7. The maximum absolute atomic E-state index is 3.72. The van der Waals surface area contributed by atoms with E-state index < -0.39 is 0 Å².